The van der Waals surface area contributed by atoms with E-state index in [2.05, 4.69) is 55.2 Å². The first-order valence-electron chi connectivity index (χ1n) is 13.9. The minimum absolute atomic E-state index is 0.157. The van der Waals surface area contributed by atoms with Crippen molar-refractivity contribution in [2.75, 3.05) is 0 Å². The van der Waals surface area contributed by atoms with Crippen LogP contribution >= 0.6 is 23.2 Å². The fraction of sp³-hybridized carbons (Fsp3) is 0.294. The van der Waals surface area contributed by atoms with E-state index in [0.29, 0.717) is 39.3 Å². The molecular formula is C34H34Cl2F2N4. The molecule has 2 atom stereocenters. The normalized spacial score (nSPS) is 19.2. The first-order valence-corrected chi connectivity index (χ1v) is 14.6. The van der Waals surface area contributed by atoms with Gasteiger partial charge in [0.05, 0.1) is 17.1 Å². The molecule has 4 nitrogen and oxygen atoms in total. The van der Waals surface area contributed by atoms with Crippen molar-refractivity contribution < 1.29 is 8.78 Å². The third kappa shape index (κ3) is 6.45. The molecule has 0 fully saturated rings. The summed E-state index contributed by atoms with van der Waals surface area (Å²) in [5.41, 5.74) is 3.04. The van der Waals surface area contributed by atoms with Gasteiger partial charge in [-0.05, 0) is 58.7 Å². The number of nitrogens with zero attached hydrogens (tertiary/aromatic N) is 2. The van der Waals surface area contributed by atoms with Crippen LogP contribution in [0.5, 0.6) is 0 Å². The Labute approximate surface area is 256 Å². The minimum Gasteiger partial charge on any atom is -0.362 e. The highest BCUT2D eigenvalue weighted by molar-refractivity contribution is 6.31. The Kier molecular flexibility index (Phi) is 8.32. The molecule has 0 amide bonds. The lowest BCUT2D eigenvalue weighted by Gasteiger charge is -2.37. The summed E-state index contributed by atoms with van der Waals surface area (Å²) in [7, 11) is 0. The number of hydrogen-bond acceptors (Lipinski definition) is 4. The molecule has 0 spiro atoms. The van der Waals surface area contributed by atoms with Gasteiger partial charge >= 0.3 is 0 Å². The maximum absolute atomic E-state index is 15.7. The summed E-state index contributed by atoms with van der Waals surface area (Å²) >= 11 is 12.8. The van der Waals surface area contributed by atoms with Gasteiger partial charge in [0, 0.05) is 34.1 Å². The Hall–Kier alpha value is -3.48. The monoisotopic (exact) mass is 606 g/mol. The summed E-state index contributed by atoms with van der Waals surface area (Å²) in [6.07, 6.45) is 3.83. The maximum atomic E-state index is 15.7. The lowest BCUT2D eigenvalue weighted by atomic mass is 9.77. The molecule has 3 aromatic rings. The lowest BCUT2D eigenvalue weighted by Crippen LogP contribution is -2.48. The zero-order valence-corrected chi connectivity index (χ0v) is 25.8. The van der Waals surface area contributed by atoms with E-state index in [4.69, 9.17) is 23.2 Å². The van der Waals surface area contributed by atoms with E-state index in [0.717, 1.165) is 16.7 Å². The molecule has 2 aliphatic heterocycles. The summed E-state index contributed by atoms with van der Waals surface area (Å²) < 4.78 is 29.6. The maximum Gasteiger partial charge on any atom is 0.133 e. The average Bonchev–Trinajstić information content (AvgIpc) is 2.93. The number of aliphatic imine (C=N–C) groups is 2. The number of benzene rings is 3. The number of hydrogen-bond donors (Lipinski definition) is 2. The van der Waals surface area contributed by atoms with Crippen molar-refractivity contribution in [3.63, 3.8) is 0 Å². The first kappa shape index (κ1) is 30.0. The molecule has 0 saturated carbocycles. The average molecular weight is 608 g/mol. The van der Waals surface area contributed by atoms with Gasteiger partial charge in [0.25, 0.3) is 0 Å². The van der Waals surface area contributed by atoms with Crippen LogP contribution in [0.4, 0.5) is 8.78 Å². The van der Waals surface area contributed by atoms with E-state index in [1.807, 2.05) is 36.4 Å². The number of halogens is 4. The first-order chi connectivity index (χ1) is 19.8. The second-order valence-corrected chi connectivity index (χ2v) is 13.4. The fourth-order valence-corrected chi connectivity index (χ4v) is 6.04. The topological polar surface area (TPSA) is 48.8 Å². The highest BCUT2D eigenvalue weighted by Gasteiger charge is 2.36. The third-order valence-electron chi connectivity index (χ3n) is 7.67. The Morgan fingerprint density at radius 2 is 1.38 bits per heavy atom. The number of rotatable bonds is 6. The van der Waals surface area contributed by atoms with Crippen LogP contribution in [0.3, 0.4) is 0 Å². The summed E-state index contributed by atoms with van der Waals surface area (Å²) in [6, 6.07) is 18.7. The van der Waals surface area contributed by atoms with Gasteiger partial charge in [0.2, 0.25) is 0 Å². The highest BCUT2D eigenvalue weighted by Crippen LogP contribution is 2.36. The van der Waals surface area contributed by atoms with Gasteiger partial charge in [-0.2, -0.15) is 0 Å². The second kappa shape index (κ2) is 11.7. The predicted octanol–water partition coefficient (Wildman–Crippen LogP) is 8.49. The van der Waals surface area contributed by atoms with E-state index in [1.165, 1.54) is 18.2 Å². The van der Waals surface area contributed by atoms with Gasteiger partial charge in [0.1, 0.15) is 23.3 Å². The van der Waals surface area contributed by atoms with Crippen molar-refractivity contribution in [1.82, 2.24) is 10.6 Å². The Balaban J connectivity index is 1.38. The summed E-state index contributed by atoms with van der Waals surface area (Å²) in [4.78, 5) is 9.08. The van der Waals surface area contributed by atoms with Crippen LogP contribution in [0.1, 0.15) is 56.9 Å². The van der Waals surface area contributed by atoms with Gasteiger partial charge < -0.3 is 10.6 Å². The molecule has 2 aliphatic rings. The van der Waals surface area contributed by atoms with Crippen molar-refractivity contribution in [1.29, 1.82) is 0 Å². The van der Waals surface area contributed by atoms with E-state index < -0.39 is 5.41 Å². The molecule has 0 aromatic heterocycles. The molecule has 3 aromatic carbocycles. The van der Waals surface area contributed by atoms with Crippen molar-refractivity contribution in [2.45, 2.75) is 53.1 Å². The van der Waals surface area contributed by atoms with Gasteiger partial charge in [0.15, 0.2) is 0 Å². The van der Waals surface area contributed by atoms with Crippen LogP contribution in [-0.4, -0.2) is 23.8 Å². The molecule has 42 heavy (non-hydrogen) atoms. The van der Waals surface area contributed by atoms with Crippen molar-refractivity contribution in [2.24, 2.45) is 20.8 Å². The van der Waals surface area contributed by atoms with Crippen LogP contribution in [-0.2, 0) is 6.42 Å². The molecule has 2 heterocycles. The lowest BCUT2D eigenvalue weighted by molar-refractivity contribution is 0.293. The largest absolute Gasteiger partial charge is 0.362 e. The second-order valence-electron chi connectivity index (χ2n) is 12.6. The van der Waals surface area contributed by atoms with Crippen LogP contribution in [0, 0.1) is 22.5 Å². The van der Waals surface area contributed by atoms with E-state index in [9.17, 15) is 4.39 Å². The van der Waals surface area contributed by atoms with E-state index >= 15 is 4.39 Å². The molecule has 5 rings (SSSR count). The fourth-order valence-electron chi connectivity index (χ4n) is 5.45. The van der Waals surface area contributed by atoms with Gasteiger partial charge in [-0.25, -0.2) is 18.8 Å². The van der Waals surface area contributed by atoms with Crippen LogP contribution < -0.4 is 10.6 Å². The molecule has 0 aliphatic carbocycles. The predicted molar refractivity (Wildman–Crippen MR) is 170 cm³/mol. The molecule has 2 N–H and O–H groups in total. The summed E-state index contributed by atoms with van der Waals surface area (Å²) in [5.74, 6) is 0.611. The number of nitrogens with one attached hydrogen (secondary N) is 2. The number of amidine groups is 2. The standard InChI is InChI=1S/C34H34Cl2F2N4/c1-33(2,3)29-26(20-8-7-11-25(37)15-20)18-39-32(41-29)22-12-13-23(28(38)16-22)17-34(4,5)30-27(36)19-40-31(42-30)21-9-6-10-24(35)14-21/h6-16,18-19,29-30H,17H2,1-5H3,(H,39,41)(H,40,42). The van der Waals surface area contributed by atoms with Crippen LogP contribution in [0.25, 0.3) is 5.57 Å². The quantitative estimate of drug-likeness (QED) is 0.295. The van der Waals surface area contributed by atoms with E-state index in [-0.39, 0.29) is 29.1 Å². The zero-order chi connectivity index (χ0) is 30.2. The summed E-state index contributed by atoms with van der Waals surface area (Å²) in [6.45, 7) is 10.4. The smallest absolute Gasteiger partial charge is 0.133 e. The molecule has 0 saturated heterocycles. The Morgan fingerprint density at radius 3 is 2.05 bits per heavy atom. The highest BCUT2D eigenvalue weighted by atomic mass is 35.5. The minimum atomic E-state index is -0.462. The molecular weight excluding hydrogens is 573 g/mol. The molecule has 0 bridgehead atoms. The van der Waals surface area contributed by atoms with Crippen molar-refractivity contribution >= 4 is 40.4 Å². The summed E-state index contributed by atoms with van der Waals surface area (Å²) in [5, 5.41) is 8.10. The molecule has 8 heteroatoms. The molecule has 0 radical (unpaired) electrons. The Morgan fingerprint density at radius 1 is 0.738 bits per heavy atom. The molecule has 2 unspecified atom stereocenters. The SMILES string of the molecule is CC(C)(C)C1NC(c2ccc(CC(C)(C)C3NC(c4cccc(Cl)c4)=NC=C3Cl)c(F)c2)=NC=C1c1cccc(F)c1. The van der Waals surface area contributed by atoms with Gasteiger partial charge in [-0.1, -0.05) is 94.2 Å². The Bertz CT molecular complexity index is 1630. The van der Waals surface area contributed by atoms with Crippen LogP contribution in [0.15, 0.2) is 94.1 Å². The van der Waals surface area contributed by atoms with Crippen molar-refractivity contribution in [3.05, 3.63) is 123 Å². The van der Waals surface area contributed by atoms with Gasteiger partial charge in [-0.3, -0.25) is 0 Å². The van der Waals surface area contributed by atoms with Crippen molar-refractivity contribution in [3.8, 4) is 0 Å². The zero-order valence-electron chi connectivity index (χ0n) is 24.3. The molecule has 218 valence electrons. The van der Waals surface area contributed by atoms with Crippen LogP contribution in [0.2, 0.25) is 5.02 Å². The third-order valence-corrected chi connectivity index (χ3v) is 8.23. The van der Waals surface area contributed by atoms with E-state index in [1.54, 1.807) is 24.5 Å². The van der Waals surface area contributed by atoms with Gasteiger partial charge in [-0.15, -0.1) is 0 Å².